The number of ether oxygens (including phenoxy) is 2. The molecule has 0 fully saturated rings. The van der Waals surface area contributed by atoms with Gasteiger partial charge in [-0.05, 0) is 18.2 Å². The first-order valence-electron chi connectivity index (χ1n) is 6.62. The van der Waals surface area contributed by atoms with Gasteiger partial charge in [-0.2, -0.15) is 0 Å². The van der Waals surface area contributed by atoms with Gasteiger partial charge >= 0.3 is 5.69 Å². The molecule has 1 aromatic heterocycles. The minimum Gasteiger partial charge on any atom is -0.496 e. The molecule has 3 aromatic rings. The van der Waals surface area contributed by atoms with Gasteiger partial charge in [0.2, 0.25) is 0 Å². The number of nitrogens with zero attached hydrogens (tertiary/aromatic N) is 1. The Kier molecular flexibility index (Phi) is 3.39. The third kappa shape index (κ3) is 2.27. The molecular weight excluding hydrogens is 268 g/mol. The predicted molar refractivity (Wildman–Crippen MR) is 81.2 cm³/mol. The lowest BCUT2D eigenvalue weighted by Gasteiger charge is -2.10. The maximum absolute atomic E-state index is 12.2. The van der Waals surface area contributed by atoms with Crippen LogP contribution < -0.4 is 15.2 Å². The zero-order valence-electron chi connectivity index (χ0n) is 11.9. The van der Waals surface area contributed by atoms with Crippen LogP contribution in [0.1, 0.15) is 5.56 Å². The van der Waals surface area contributed by atoms with Crippen LogP contribution in [0.5, 0.6) is 11.5 Å². The fourth-order valence-electron chi connectivity index (χ4n) is 2.51. The summed E-state index contributed by atoms with van der Waals surface area (Å²) >= 11 is 0. The first kappa shape index (κ1) is 13.3. The Balaban J connectivity index is 2.16. The third-order valence-corrected chi connectivity index (χ3v) is 3.50. The fourth-order valence-corrected chi connectivity index (χ4v) is 2.51. The largest absolute Gasteiger partial charge is 0.496 e. The van der Waals surface area contributed by atoms with Crippen molar-refractivity contribution in [3.63, 3.8) is 0 Å². The first-order valence-corrected chi connectivity index (χ1v) is 6.62. The van der Waals surface area contributed by atoms with Gasteiger partial charge in [-0.15, -0.1) is 0 Å². The summed E-state index contributed by atoms with van der Waals surface area (Å²) in [7, 11) is 3.22. The van der Waals surface area contributed by atoms with E-state index >= 15 is 0 Å². The molecule has 0 aliphatic rings. The van der Waals surface area contributed by atoms with Gasteiger partial charge in [0.1, 0.15) is 17.0 Å². The van der Waals surface area contributed by atoms with E-state index in [4.69, 9.17) is 9.47 Å². The van der Waals surface area contributed by atoms with E-state index in [0.29, 0.717) is 12.3 Å². The van der Waals surface area contributed by atoms with Crippen LogP contribution in [0.25, 0.3) is 11.0 Å². The van der Waals surface area contributed by atoms with Crippen molar-refractivity contribution in [3.8, 4) is 11.5 Å². The van der Waals surface area contributed by atoms with Gasteiger partial charge in [0.25, 0.3) is 0 Å². The molecule has 0 saturated heterocycles. The summed E-state index contributed by atoms with van der Waals surface area (Å²) in [5, 5.41) is 0. The lowest BCUT2D eigenvalue weighted by molar-refractivity contribution is 0.407. The first-order chi connectivity index (χ1) is 10.2. The zero-order valence-corrected chi connectivity index (χ0v) is 11.9. The highest BCUT2D eigenvalue weighted by Gasteiger charge is 2.13. The Hall–Kier alpha value is -2.69. The number of benzene rings is 2. The molecule has 0 saturated carbocycles. The van der Waals surface area contributed by atoms with Gasteiger partial charge in [-0.25, -0.2) is 4.79 Å². The molecule has 5 heteroatoms. The average molecular weight is 284 g/mol. The van der Waals surface area contributed by atoms with Crippen LogP contribution in [0.4, 0.5) is 0 Å². The molecule has 0 bridgehead atoms. The molecule has 3 rings (SSSR count). The van der Waals surface area contributed by atoms with E-state index in [2.05, 4.69) is 4.98 Å². The number of rotatable bonds is 4. The van der Waals surface area contributed by atoms with Gasteiger partial charge in [0.15, 0.2) is 0 Å². The predicted octanol–water partition coefficient (Wildman–Crippen LogP) is 2.40. The number of aromatic amines is 1. The molecular formula is C16H16N2O3. The van der Waals surface area contributed by atoms with Crippen molar-refractivity contribution in [3.05, 3.63) is 58.5 Å². The van der Waals surface area contributed by atoms with Crippen molar-refractivity contribution >= 4 is 11.0 Å². The SMILES string of the molecule is COc1ccccc1Cn1c(=O)[nH]c2cccc(OC)c21. The van der Waals surface area contributed by atoms with E-state index in [0.717, 1.165) is 22.3 Å². The Morgan fingerprint density at radius 3 is 2.48 bits per heavy atom. The Bertz CT molecular complexity index is 833. The number of aromatic nitrogens is 2. The minimum atomic E-state index is -0.166. The van der Waals surface area contributed by atoms with Gasteiger partial charge in [0.05, 0.1) is 26.3 Å². The monoisotopic (exact) mass is 284 g/mol. The lowest BCUT2D eigenvalue weighted by Crippen LogP contribution is -2.18. The zero-order chi connectivity index (χ0) is 14.8. The maximum atomic E-state index is 12.2. The summed E-state index contributed by atoms with van der Waals surface area (Å²) in [6, 6.07) is 13.2. The van der Waals surface area contributed by atoms with Crippen LogP contribution >= 0.6 is 0 Å². The van der Waals surface area contributed by atoms with E-state index in [1.807, 2.05) is 42.5 Å². The van der Waals surface area contributed by atoms with Crippen molar-refractivity contribution in [2.75, 3.05) is 14.2 Å². The van der Waals surface area contributed by atoms with Gasteiger partial charge in [0, 0.05) is 5.56 Å². The number of methoxy groups -OCH3 is 2. The number of nitrogens with one attached hydrogen (secondary N) is 1. The highest BCUT2D eigenvalue weighted by atomic mass is 16.5. The molecule has 0 aliphatic heterocycles. The smallest absolute Gasteiger partial charge is 0.326 e. The van der Waals surface area contributed by atoms with Gasteiger partial charge in [-0.1, -0.05) is 24.3 Å². The molecule has 0 amide bonds. The molecule has 0 radical (unpaired) electrons. The Morgan fingerprint density at radius 2 is 1.71 bits per heavy atom. The molecule has 0 unspecified atom stereocenters. The number of hydrogen-bond acceptors (Lipinski definition) is 3. The van der Waals surface area contributed by atoms with Crippen LogP contribution in [-0.4, -0.2) is 23.8 Å². The number of para-hydroxylation sites is 2. The Morgan fingerprint density at radius 1 is 1.00 bits per heavy atom. The summed E-state index contributed by atoms with van der Waals surface area (Å²) in [6.45, 7) is 0.420. The second kappa shape index (κ2) is 5.36. The lowest BCUT2D eigenvalue weighted by atomic mass is 10.2. The molecule has 0 spiro atoms. The number of H-pyrrole nitrogens is 1. The molecule has 21 heavy (non-hydrogen) atoms. The number of hydrogen-bond donors (Lipinski definition) is 1. The van der Waals surface area contributed by atoms with Crippen molar-refractivity contribution in [1.29, 1.82) is 0 Å². The van der Waals surface area contributed by atoms with Crippen molar-refractivity contribution in [2.45, 2.75) is 6.54 Å². The highest BCUT2D eigenvalue weighted by molar-refractivity contribution is 5.82. The van der Waals surface area contributed by atoms with Crippen LogP contribution in [0.15, 0.2) is 47.3 Å². The van der Waals surface area contributed by atoms with E-state index in [9.17, 15) is 4.79 Å². The molecule has 1 N–H and O–H groups in total. The van der Waals surface area contributed by atoms with E-state index in [1.54, 1.807) is 18.8 Å². The van der Waals surface area contributed by atoms with Gasteiger partial charge in [-0.3, -0.25) is 4.57 Å². The van der Waals surface area contributed by atoms with E-state index < -0.39 is 0 Å². The van der Waals surface area contributed by atoms with Crippen LogP contribution in [0.3, 0.4) is 0 Å². The van der Waals surface area contributed by atoms with E-state index in [-0.39, 0.29) is 5.69 Å². The topological polar surface area (TPSA) is 56.2 Å². The minimum absolute atomic E-state index is 0.166. The summed E-state index contributed by atoms with van der Waals surface area (Å²) in [4.78, 5) is 15.1. The number of fused-ring (bicyclic) bond motifs is 1. The van der Waals surface area contributed by atoms with Crippen LogP contribution in [0.2, 0.25) is 0 Å². The highest BCUT2D eigenvalue weighted by Crippen LogP contribution is 2.25. The van der Waals surface area contributed by atoms with Crippen molar-refractivity contribution in [2.24, 2.45) is 0 Å². The second-order valence-electron chi connectivity index (χ2n) is 4.68. The molecule has 0 atom stereocenters. The fraction of sp³-hybridized carbons (Fsp3) is 0.188. The summed E-state index contributed by atoms with van der Waals surface area (Å²) in [5.74, 6) is 1.43. The molecule has 108 valence electrons. The standard InChI is InChI=1S/C16H16N2O3/c1-20-13-8-4-3-6-11(13)10-18-15-12(17-16(18)19)7-5-9-14(15)21-2/h3-9H,10H2,1-2H3,(H,17,19). The summed E-state index contributed by atoms with van der Waals surface area (Å²) < 4.78 is 12.4. The van der Waals surface area contributed by atoms with Gasteiger partial charge < -0.3 is 14.5 Å². The molecule has 1 heterocycles. The van der Waals surface area contributed by atoms with Crippen molar-refractivity contribution in [1.82, 2.24) is 9.55 Å². The normalized spacial score (nSPS) is 10.8. The Labute approximate surface area is 121 Å². The van der Waals surface area contributed by atoms with E-state index in [1.165, 1.54) is 0 Å². The van der Waals surface area contributed by atoms with Crippen molar-refractivity contribution < 1.29 is 9.47 Å². The third-order valence-electron chi connectivity index (χ3n) is 3.50. The number of imidazole rings is 1. The quantitative estimate of drug-likeness (QED) is 0.800. The summed E-state index contributed by atoms with van der Waals surface area (Å²) in [6.07, 6.45) is 0. The van der Waals surface area contributed by atoms with Crippen LogP contribution in [-0.2, 0) is 6.54 Å². The molecule has 2 aromatic carbocycles. The second-order valence-corrected chi connectivity index (χ2v) is 4.68. The molecule has 5 nitrogen and oxygen atoms in total. The average Bonchev–Trinajstić information content (AvgIpc) is 2.84. The summed E-state index contributed by atoms with van der Waals surface area (Å²) in [5.41, 5.74) is 2.29. The molecule has 0 aliphatic carbocycles. The maximum Gasteiger partial charge on any atom is 0.326 e. The van der Waals surface area contributed by atoms with Crippen LogP contribution in [0, 0.1) is 0 Å².